The van der Waals surface area contributed by atoms with Crippen LogP contribution in [0.15, 0.2) is 53.9 Å². The van der Waals surface area contributed by atoms with E-state index < -0.39 is 0 Å². The van der Waals surface area contributed by atoms with Crippen LogP contribution in [0.1, 0.15) is 34.9 Å². The van der Waals surface area contributed by atoms with Gasteiger partial charge in [0.05, 0.1) is 23.4 Å². The molecular formula is C23H24ClN3O3S. The number of hydrogen-bond acceptors (Lipinski definition) is 5. The summed E-state index contributed by atoms with van der Waals surface area (Å²) in [5.74, 6) is 0.596. The highest BCUT2D eigenvalue weighted by atomic mass is 35.5. The van der Waals surface area contributed by atoms with Gasteiger partial charge in [0.15, 0.2) is 0 Å². The number of aromatic nitrogens is 1. The van der Waals surface area contributed by atoms with Crippen LogP contribution < -0.4 is 15.4 Å². The maximum absolute atomic E-state index is 12.5. The fraction of sp³-hybridized carbons (Fsp3) is 0.261. The zero-order valence-electron chi connectivity index (χ0n) is 17.4. The highest BCUT2D eigenvalue weighted by molar-refractivity contribution is 7.09. The minimum atomic E-state index is -0.237. The molecule has 2 amide bonds. The van der Waals surface area contributed by atoms with Crippen LogP contribution in [0, 0.1) is 5.92 Å². The van der Waals surface area contributed by atoms with Crippen molar-refractivity contribution in [1.29, 1.82) is 0 Å². The van der Waals surface area contributed by atoms with E-state index in [0.29, 0.717) is 46.8 Å². The summed E-state index contributed by atoms with van der Waals surface area (Å²) in [6.45, 7) is 4.93. The molecular weight excluding hydrogens is 434 g/mol. The molecule has 3 aromatic rings. The Morgan fingerprint density at radius 2 is 1.87 bits per heavy atom. The summed E-state index contributed by atoms with van der Waals surface area (Å²) in [5.41, 5.74) is 1.57. The molecule has 162 valence electrons. The minimum absolute atomic E-state index is 0.111. The van der Waals surface area contributed by atoms with Crippen molar-refractivity contribution in [1.82, 2.24) is 10.3 Å². The summed E-state index contributed by atoms with van der Waals surface area (Å²) < 4.78 is 5.69. The van der Waals surface area contributed by atoms with Crippen molar-refractivity contribution in [2.45, 2.75) is 26.9 Å². The van der Waals surface area contributed by atoms with Crippen molar-refractivity contribution in [2.24, 2.45) is 5.92 Å². The van der Waals surface area contributed by atoms with Crippen LogP contribution in [-0.4, -0.2) is 23.3 Å². The molecule has 0 fully saturated rings. The first kappa shape index (κ1) is 22.8. The molecule has 0 atom stereocenters. The smallest absolute Gasteiger partial charge is 0.253 e. The molecule has 2 N–H and O–H groups in total. The molecule has 0 aliphatic rings. The lowest BCUT2D eigenvalue weighted by Gasteiger charge is -2.12. The van der Waals surface area contributed by atoms with Crippen LogP contribution in [0.25, 0.3) is 0 Å². The van der Waals surface area contributed by atoms with E-state index in [9.17, 15) is 9.59 Å². The third-order valence-electron chi connectivity index (χ3n) is 4.23. The van der Waals surface area contributed by atoms with E-state index in [-0.39, 0.29) is 18.2 Å². The molecule has 0 bridgehead atoms. The first-order valence-corrected chi connectivity index (χ1v) is 11.1. The fourth-order valence-corrected chi connectivity index (χ4v) is 3.54. The van der Waals surface area contributed by atoms with Gasteiger partial charge in [-0.3, -0.25) is 9.59 Å². The Morgan fingerprint density at radius 3 is 2.61 bits per heavy atom. The second-order valence-electron chi connectivity index (χ2n) is 7.35. The molecule has 8 heteroatoms. The molecule has 1 heterocycles. The number of hydrogen-bond donors (Lipinski definition) is 2. The van der Waals surface area contributed by atoms with Gasteiger partial charge in [-0.1, -0.05) is 37.6 Å². The SMILES string of the molecule is CC(C)CNC(=O)c1ccccc1NC(=O)Cc1csc(COc2ccc(Cl)cc2)n1. The van der Waals surface area contributed by atoms with Crippen LogP contribution >= 0.6 is 22.9 Å². The molecule has 0 unspecified atom stereocenters. The van der Waals surface area contributed by atoms with Gasteiger partial charge in [-0.25, -0.2) is 4.98 Å². The molecule has 1 aromatic heterocycles. The first-order chi connectivity index (χ1) is 14.9. The summed E-state index contributed by atoms with van der Waals surface area (Å²) in [6.07, 6.45) is 0.111. The Labute approximate surface area is 190 Å². The third-order valence-corrected chi connectivity index (χ3v) is 5.36. The monoisotopic (exact) mass is 457 g/mol. The molecule has 0 radical (unpaired) electrons. The Balaban J connectivity index is 1.55. The molecule has 0 spiro atoms. The highest BCUT2D eigenvalue weighted by Gasteiger charge is 2.14. The third kappa shape index (κ3) is 7.08. The van der Waals surface area contributed by atoms with E-state index in [0.717, 1.165) is 5.01 Å². The number of rotatable bonds is 9. The lowest BCUT2D eigenvalue weighted by atomic mass is 10.1. The predicted molar refractivity (Wildman–Crippen MR) is 124 cm³/mol. The van der Waals surface area contributed by atoms with Gasteiger partial charge in [-0.05, 0) is 42.3 Å². The summed E-state index contributed by atoms with van der Waals surface area (Å²) in [7, 11) is 0. The fourth-order valence-electron chi connectivity index (χ4n) is 2.71. The second-order valence-corrected chi connectivity index (χ2v) is 8.73. The van der Waals surface area contributed by atoms with Gasteiger partial charge in [0.25, 0.3) is 5.91 Å². The largest absolute Gasteiger partial charge is 0.486 e. The zero-order chi connectivity index (χ0) is 22.2. The number of nitrogens with one attached hydrogen (secondary N) is 2. The maximum Gasteiger partial charge on any atom is 0.253 e. The second kappa shape index (κ2) is 10.9. The summed E-state index contributed by atoms with van der Waals surface area (Å²) in [5, 5.41) is 8.95. The Bertz CT molecular complexity index is 1030. The van der Waals surface area contributed by atoms with Gasteiger partial charge in [0.2, 0.25) is 5.91 Å². The van der Waals surface area contributed by atoms with Crippen molar-refractivity contribution in [3.05, 3.63) is 75.2 Å². The minimum Gasteiger partial charge on any atom is -0.486 e. The number of nitrogens with zero attached hydrogens (tertiary/aromatic N) is 1. The number of carbonyl (C=O) groups is 2. The number of para-hydroxylation sites is 1. The van der Waals surface area contributed by atoms with Crippen LogP contribution in [0.4, 0.5) is 5.69 Å². The van der Waals surface area contributed by atoms with Gasteiger partial charge in [-0.2, -0.15) is 0 Å². The standard InChI is InChI=1S/C23H24ClN3O3S/c1-15(2)12-25-23(29)19-5-3-4-6-20(19)27-21(28)11-17-14-31-22(26-17)13-30-18-9-7-16(24)8-10-18/h3-10,14-15H,11-13H2,1-2H3,(H,25,29)(H,27,28). The topological polar surface area (TPSA) is 80.3 Å². The van der Waals surface area contributed by atoms with Crippen LogP contribution in [0.3, 0.4) is 0 Å². The normalized spacial score (nSPS) is 10.7. The van der Waals surface area contributed by atoms with Crippen molar-refractivity contribution >= 4 is 40.4 Å². The predicted octanol–water partition coefficient (Wildman–Crippen LogP) is 4.94. The van der Waals surface area contributed by atoms with Crippen molar-refractivity contribution in [2.75, 3.05) is 11.9 Å². The number of benzene rings is 2. The number of halogens is 1. The van der Waals surface area contributed by atoms with Crippen molar-refractivity contribution in [3.63, 3.8) is 0 Å². The Hall–Kier alpha value is -2.90. The first-order valence-electron chi connectivity index (χ1n) is 9.89. The van der Waals surface area contributed by atoms with Crippen LogP contribution in [0.2, 0.25) is 5.02 Å². The quantitative estimate of drug-likeness (QED) is 0.476. The molecule has 3 rings (SSSR count). The van der Waals surface area contributed by atoms with Crippen LogP contribution in [0.5, 0.6) is 5.75 Å². The molecule has 0 aliphatic heterocycles. The molecule has 31 heavy (non-hydrogen) atoms. The number of anilines is 1. The van der Waals surface area contributed by atoms with E-state index in [1.165, 1.54) is 11.3 Å². The van der Waals surface area contributed by atoms with Gasteiger partial charge in [0.1, 0.15) is 17.4 Å². The number of thiazole rings is 1. The Kier molecular flexibility index (Phi) is 8.03. The molecule has 6 nitrogen and oxygen atoms in total. The summed E-state index contributed by atoms with van der Waals surface area (Å²) in [4.78, 5) is 29.4. The molecule has 0 saturated carbocycles. The average molecular weight is 458 g/mol. The highest BCUT2D eigenvalue weighted by Crippen LogP contribution is 2.19. The summed E-state index contributed by atoms with van der Waals surface area (Å²) >= 11 is 7.30. The molecule has 0 saturated heterocycles. The summed E-state index contributed by atoms with van der Waals surface area (Å²) in [6, 6.07) is 14.1. The van der Waals surface area contributed by atoms with Gasteiger partial charge in [-0.15, -0.1) is 11.3 Å². The van der Waals surface area contributed by atoms with E-state index in [1.807, 2.05) is 19.2 Å². The van der Waals surface area contributed by atoms with Crippen LogP contribution in [-0.2, 0) is 17.8 Å². The van der Waals surface area contributed by atoms with Gasteiger partial charge < -0.3 is 15.4 Å². The van der Waals surface area contributed by atoms with E-state index in [1.54, 1.807) is 48.5 Å². The van der Waals surface area contributed by atoms with E-state index in [4.69, 9.17) is 16.3 Å². The number of ether oxygens (including phenoxy) is 1. The molecule has 2 aromatic carbocycles. The lowest BCUT2D eigenvalue weighted by Crippen LogP contribution is -2.28. The zero-order valence-corrected chi connectivity index (χ0v) is 18.9. The average Bonchev–Trinajstić information content (AvgIpc) is 3.19. The molecule has 0 aliphatic carbocycles. The lowest BCUT2D eigenvalue weighted by molar-refractivity contribution is -0.115. The number of carbonyl (C=O) groups excluding carboxylic acids is 2. The number of amides is 2. The van der Waals surface area contributed by atoms with Gasteiger partial charge in [0, 0.05) is 16.9 Å². The van der Waals surface area contributed by atoms with E-state index in [2.05, 4.69) is 15.6 Å². The van der Waals surface area contributed by atoms with Gasteiger partial charge >= 0.3 is 0 Å². The van der Waals surface area contributed by atoms with Crippen molar-refractivity contribution in [3.8, 4) is 5.75 Å². The van der Waals surface area contributed by atoms with Crippen molar-refractivity contribution < 1.29 is 14.3 Å². The maximum atomic E-state index is 12.5. The Morgan fingerprint density at radius 1 is 1.13 bits per heavy atom. The van der Waals surface area contributed by atoms with E-state index >= 15 is 0 Å².